The lowest BCUT2D eigenvalue weighted by Gasteiger charge is -2.21. The lowest BCUT2D eigenvalue weighted by Crippen LogP contribution is -2.43. The van der Waals surface area contributed by atoms with Crippen LogP contribution in [0.5, 0.6) is 5.75 Å². The molecule has 116 valence electrons. The quantitative estimate of drug-likeness (QED) is 0.713. The Hall–Kier alpha value is -2.12. The van der Waals surface area contributed by atoms with Crippen LogP contribution in [0.3, 0.4) is 0 Å². The zero-order chi connectivity index (χ0) is 15.7. The van der Waals surface area contributed by atoms with Crippen molar-refractivity contribution in [3.63, 3.8) is 0 Å². The van der Waals surface area contributed by atoms with E-state index in [4.69, 9.17) is 9.47 Å². The van der Waals surface area contributed by atoms with Gasteiger partial charge in [-0.3, -0.25) is 9.59 Å². The maximum atomic E-state index is 12.1. The second-order valence-electron chi connectivity index (χ2n) is 4.28. The Morgan fingerprint density at radius 1 is 1.19 bits per heavy atom. The highest BCUT2D eigenvalue weighted by molar-refractivity contribution is 6.39. The summed E-state index contributed by atoms with van der Waals surface area (Å²) in [5, 5.41) is 11.8. The first-order chi connectivity index (χ1) is 10.1. The van der Waals surface area contributed by atoms with E-state index in [2.05, 4.69) is 5.32 Å². The van der Waals surface area contributed by atoms with Crippen molar-refractivity contribution in [3.05, 3.63) is 24.3 Å². The normalized spacial score (nSPS) is 10.2. The van der Waals surface area contributed by atoms with Crippen LogP contribution in [0.15, 0.2) is 24.3 Å². The molecule has 0 bridgehead atoms. The Morgan fingerprint density at radius 3 is 2.33 bits per heavy atom. The van der Waals surface area contributed by atoms with Gasteiger partial charge in [0, 0.05) is 39.1 Å². The summed E-state index contributed by atoms with van der Waals surface area (Å²) in [5.74, 6) is -1.43. The number of hydrogen-bond acceptors (Lipinski definition) is 5. The fraction of sp³-hybridized carbons (Fsp3) is 0.429. The molecule has 0 spiro atoms. The number of amides is 2. The summed E-state index contributed by atoms with van der Waals surface area (Å²) in [5.41, 5.74) is 0.354. The van der Waals surface area contributed by atoms with Crippen LogP contribution >= 0.6 is 0 Å². The molecule has 0 aliphatic carbocycles. The summed E-state index contributed by atoms with van der Waals surface area (Å²) in [6.45, 7) is 1.25. The molecule has 0 heterocycles. The minimum atomic E-state index is -0.771. The Bertz CT molecular complexity index is 470. The number of nitrogens with one attached hydrogen (secondary N) is 1. The van der Waals surface area contributed by atoms with Crippen molar-refractivity contribution in [1.29, 1.82) is 0 Å². The molecule has 2 N–H and O–H groups in total. The number of phenolic OH excluding ortho intramolecular Hbond substituents is 1. The van der Waals surface area contributed by atoms with Gasteiger partial charge in [-0.05, 0) is 12.1 Å². The Balaban J connectivity index is 2.65. The molecule has 0 fully saturated rings. The number of phenols is 1. The fourth-order valence-corrected chi connectivity index (χ4v) is 1.63. The van der Waals surface area contributed by atoms with Crippen LogP contribution in [-0.2, 0) is 19.1 Å². The molecule has 1 rings (SSSR count). The van der Waals surface area contributed by atoms with Crippen molar-refractivity contribution in [2.45, 2.75) is 0 Å². The van der Waals surface area contributed by atoms with Gasteiger partial charge in [0.1, 0.15) is 5.75 Å². The summed E-state index contributed by atoms with van der Waals surface area (Å²) in [6.07, 6.45) is 0. The van der Waals surface area contributed by atoms with Gasteiger partial charge < -0.3 is 24.8 Å². The Kier molecular flexibility index (Phi) is 7.20. The van der Waals surface area contributed by atoms with Crippen LogP contribution < -0.4 is 5.32 Å². The molecule has 7 nitrogen and oxygen atoms in total. The summed E-state index contributed by atoms with van der Waals surface area (Å²) < 4.78 is 9.83. The third-order valence-corrected chi connectivity index (χ3v) is 2.72. The number of anilines is 1. The highest BCUT2D eigenvalue weighted by Gasteiger charge is 2.21. The largest absolute Gasteiger partial charge is 0.508 e. The first kappa shape index (κ1) is 16.9. The van der Waals surface area contributed by atoms with Crippen LogP contribution in [-0.4, -0.2) is 62.3 Å². The van der Waals surface area contributed by atoms with Crippen molar-refractivity contribution in [3.8, 4) is 5.75 Å². The van der Waals surface area contributed by atoms with Gasteiger partial charge in [-0.25, -0.2) is 0 Å². The number of benzene rings is 1. The van der Waals surface area contributed by atoms with E-state index in [1.807, 2.05) is 0 Å². The van der Waals surface area contributed by atoms with Gasteiger partial charge in [-0.2, -0.15) is 0 Å². The minimum absolute atomic E-state index is 0.0101. The summed E-state index contributed by atoms with van der Waals surface area (Å²) in [6, 6.07) is 5.99. The molecule has 0 saturated heterocycles. The highest BCUT2D eigenvalue weighted by Crippen LogP contribution is 2.15. The topological polar surface area (TPSA) is 88.1 Å². The number of carbonyl (C=O) groups is 2. The SMILES string of the molecule is COCCN(CCOC)C(=O)C(=O)Nc1cccc(O)c1. The molecule has 21 heavy (non-hydrogen) atoms. The van der Waals surface area contributed by atoms with E-state index >= 15 is 0 Å². The van der Waals surface area contributed by atoms with E-state index in [1.54, 1.807) is 12.1 Å². The van der Waals surface area contributed by atoms with Crippen LogP contribution in [0.2, 0.25) is 0 Å². The van der Waals surface area contributed by atoms with Gasteiger partial charge in [0.15, 0.2) is 0 Å². The third kappa shape index (κ3) is 5.80. The van der Waals surface area contributed by atoms with Gasteiger partial charge in [0.05, 0.1) is 13.2 Å². The van der Waals surface area contributed by atoms with E-state index < -0.39 is 11.8 Å². The van der Waals surface area contributed by atoms with Crippen LogP contribution in [0, 0.1) is 0 Å². The average Bonchev–Trinajstić information content (AvgIpc) is 2.47. The molecule has 0 aromatic heterocycles. The summed E-state index contributed by atoms with van der Waals surface area (Å²) in [7, 11) is 3.04. The predicted molar refractivity (Wildman–Crippen MR) is 77.1 cm³/mol. The van der Waals surface area contributed by atoms with Crippen molar-refractivity contribution in [2.75, 3.05) is 45.8 Å². The summed E-state index contributed by atoms with van der Waals surface area (Å²) >= 11 is 0. The van der Waals surface area contributed by atoms with Crippen LogP contribution in [0.1, 0.15) is 0 Å². The number of ether oxygens (including phenoxy) is 2. The monoisotopic (exact) mass is 296 g/mol. The second kappa shape index (κ2) is 8.93. The zero-order valence-corrected chi connectivity index (χ0v) is 12.2. The van der Waals surface area contributed by atoms with Crippen molar-refractivity contribution in [1.82, 2.24) is 4.90 Å². The van der Waals surface area contributed by atoms with Gasteiger partial charge >= 0.3 is 11.8 Å². The smallest absolute Gasteiger partial charge is 0.313 e. The number of hydrogen-bond donors (Lipinski definition) is 2. The van der Waals surface area contributed by atoms with E-state index in [1.165, 1.54) is 31.3 Å². The first-order valence-corrected chi connectivity index (χ1v) is 6.45. The zero-order valence-electron chi connectivity index (χ0n) is 12.2. The molecule has 0 radical (unpaired) electrons. The fourth-order valence-electron chi connectivity index (χ4n) is 1.63. The van der Waals surface area contributed by atoms with E-state index in [9.17, 15) is 14.7 Å². The predicted octanol–water partition coefficient (Wildman–Crippen LogP) is 0.452. The number of carbonyl (C=O) groups excluding carboxylic acids is 2. The third-order valence-electron chi connectivity index (χ3n) is 2.72. The minimum Gasteiger partial charge on any atom is -0.508 e. The van der Waals surface area contributed by atoms with Crippen molar-refractivity contribution in [2.24, 2.45) is 0 Å². The Morgan fingerprint density at radius 2 is 1.81 bits per heavy atom. The molecule has 0 unspecified atom stereocenters. The van der Waals surface area contributed by atoms with E-state index in [0.717, 1.165) is 0 Å². The molecule has 0 aliphatic heterocycles. The summed E-state index contributed by atoms with van der Waals surface area (Å²) in [4.78, 5) is 25.4. The number of aromatic hydroxyl groups is 1. The maximum absolute atomic E-state index is 12.1. The van der Waals surface area contributed by atoms with Crippen molar-refractivity contribution < 1.29 is 24.2 Å². The lowest BCUT2D eigenvalue weighted by molar-refractivity contribution is -0.144. The van der Waals surface area contributed by atoms with E-state index in [0.29, 0.717) is 32.0 Å². The van der Waals surface area contributed by atoms with Crippen LogP contribution in [0.25, 0.3) is 0 Å². The van der Waals surface area contributed by atoms with Crippen LogP contribution in [0.4, 0.5) is 5.69 Å². The number of nitrogens with zero attached hydrogens (tertiary/aromatic N) is 1. The van der Waals surface area contributed by atoms with Gasteiger partial charge in [-0.1, -0.05) is 6.07 Å². The van der Waals surface area contributed by atoms with Crippen molar-refractivity contribution >= 4 is 17.5 Å². The molecule has 7 heteroatoms. The molecular formula is C14H20N2O5. The second-order valence-corrected chi connectivity index (χ2v) is 4.28. The van der Waals surface area contributed by atoms with E-state index in [-0.39, 0.29) is 5.75 Å². The van der Waals surface area contributed by atoms with Gasteiger partial charge in [0.25, 0.3) is 0 Å². The average molecular weight is 296 g/mol. The standard InChI is InChI=1S/C14H20N2O5/c1-20-8-6-16(7-9-21-2)14(19)13(18)15-11-4-3-5-12(17)10-11/h3-5,10,17H,6-9H2,1-2H3,(H,15,18). The molecule has 0 atom stereocenters. The number of rotatable bonds is 7. The molecule has 0 aliphatic rings. The van der Waals surface area contributed by atoms with Gasteiger partial charge in [-0.15, -0.1) is 0 Å². The molecule has 2 amide bonds. The Labute approximate surface area is 123 Å². The molecule has 0 saturated carbocycles. The maximum Gasteiger partial charge on any atom is 0.313 e. The highest BCUT2D eigenvalue weighted by atomic mass is 16.5. The van der Waals surface area contributed by atoms with Gasteiger partial charge in [0.2, 0.25) is 0 Å². The number of methoxy groups -OCH3 is 2. The first-order valence-electron chi connectivity index (χ1n) is 6.45. The lowest BCUT2D eigenvalue weighted by atomic mass is 10.3. The molecular weight excluding hydrogens is 276 g/mol. The molecule has 1 aromatic rings. The molecule has 1 aromatic carbocycles.